The lowest BCUT2D eigenvalue weighted by molar-refractivity contribution is 0.427. The van der Waals surface area contributed by atoms with Crippen molar-refractivity contribution in [3.05, 3.63) is 81.6 Å². The molecule has 3 aromatic rings. The van der Waals surface area contributed by atoms with Crippen LogP contribution in [0.25, 0.3) is 11.3 Å². The van der Waals surface area contributed by atoms with Gasteiger partial charge in [0.05, 0.1) is 17.5 Å². The summed E-state index contributed by atoms with van der Waals surface area (Å²) >= 11 is 0. The van der Waals surface area contributed by atoms with Crippen molar-refractivity contribution in [2.45, 2.75) is 37.5 Å². The molecule has 5 nitrogen and oxygen atoms in total. The van der Waals surface area contributed by atoms with Gasteiger partial charge in [0.15, 0.2) is 0 Å². The average molecular weight is 370 g/mol. The third-order valence-corrected chi connectivity index (χ3v) is 6.00. The van der Waals surface area contributed by atoms with E-state index in [9.17, 15) is 4.79 Å². The lowest BCUT2D eigenvalue weighted by Gasteiger charge is -2.35. The van der Waals surface area contributed by atoms with Crippen LogP contribution in [0.3, 0.4) is 0 Å². The maximum absolute atomic E-state index is 13.1. The molecule has 140 valence electrons. The Morgan fingerprint density at radius 2 is 1.79 bits per heavy atom. The number of H-pyrrole nitrogens is 1. The summed E-state index contributed by atoms with van der Waals surface area (Å²) in [6.07, 6.45) is 7.09. The number of hydrogen-bond acceptors (Lipinski definition) is 4. The van der Waals surface area contributed by atoms with Crippen LogP contribution in [0.1, 0.15) is 42.4 Å². The fourth-order valence-electron chi connectivity index (χ4n) is 4.76. The molecule has 0 bridgehead atoms. The molecule has 1 aromatic heterocycles. The zero-order valence-corrected chi connectivity index (χ0v) is 15.6. The number of aromatic amines is 1. The monoisotopic (exact) mass is 370 g/mol. The third kappa shape index (κ3) is 2.83. The highest BCUT2D eigenvalue weighted by Crippen LogP contribution is 2.49. The summed E-state index contributed by atoms with van der Waals surface area (Å²) < 4.78 is 0. The molecule has 0 amide bonds. The zero-order valence-electron chi connectivity index (χ0n) is 15.6. The predicted molar refractivity (Wildman–Crippen MR) is 112 cm³/mol. The SMILES string of the molecule is O=c1[nH]c(N/N=C/c2ccccc2)nc2c1C1(CCCC1)Cc1ccccc1-2. The molecule has 1 saturated carbocycles. The molecule has 28 heavy (non-hydrogen) atoms. The summed E-state index contributed by atoms with van der Waals surface area (Å²) in [6, 6.07) is 18.1. The first-order valence-electron chi connectivity index (χ1n) is 9.82. The molecule has 1 heterocycles. The topological polar surface area (TPSA) is 70.1 Å². The lowest BCUT2D eigenvalue weighted by Crippen LogP contribution is -2.37. The van der Waals surface area contributed by atoms with Gasteiger partial charge in [0.2, 0.25) is 5.95 Å². The maximum Gasteiger partial charge on any atom is 0.256 e. The van der Waals surface area contributed by atoms with E-state index < -0.39 is 0 Å². The van der Waals surface area contributed by atoms with Gasteiger partial charge in [-0.3, -0.25) is 9.78 Å². The van der Waals surface area contributed by atoms with Crippen molar-refractivity contribution in [1.82, 2.24) is 9.97 Å². The summed E-state index contributed by atoms with van der Waals surface area (Å²) in [4.78, 5) is 20.8. The molecule has 2 aromatic carbocycles. The number of hydrazone groups is 1. The highest BCUT2D eigenvalue weighted by molar-refractivity contribution is 5.80. The van der Waals surface area contributed by atoms with Crippen LogP contribution in [0.4, 0.5) is 5.95 Å². The Labute approximate surface area is 163 Å². The first-order valence-corrected chi connectivity index (χ1v) is 9.82. The van der Waals surface area contributed by atoms with Crippen molar-refractivity contribution < 1.29 is 0 Å². The van der Waals surface area contributed by atoms with E-state index in [-0.39, 0.29) is 11.0 Å². The van der Waals surface area contributed by atoms with Gasteiger partial charge in [-0.1, -0.05) is 67.4 Å². The number of anilines is 1. The summed E-state index contributed by atoms with van der Waals surface area (Å²) in [5.74, 6) is 0.376. The van der Waals surface area contributed by atoms with Gasteiger partial charge in [0, 0.05) is 11.0 Å². The van der Waals surface area contributed by atoms with Gasteiger partial charge in [-0.15, -0.1) is 0 Å². The Hall–Kier alpha value is -3.21. The second-order valence-corrected chi connectivity index (χ2v) is 7.74. The van der Waals surface area contributed by atoms with Gasteiger partial charge in [-0.2, -0.15) is 5.10 Å². The molecule has 2 aliphatic rings. The summed E-state index contributed by atoms with van der Waals surface area (Å²) in [5.41, 5.74) is 7.78. The molecular formula is C23H22N4O. The fraction of sp³-hybridized carbons (Fsp3) is 0.261. The number of nitrogens with one attached hydrogen (secondary N) is 2. The van der Waals surface area contributed by atoms with Crippen LogP contribution in [0, 0.1) is 0 Å². The van der Waals surface area contributed by atoms with Crippen molar-refractivity contribution in [3.63, 3.8) is 0 Å². The molecule has 0 aliphatic heterocycles. The molecule has 1 spiro atoms. The predicted octanol–water partition coefficient (Wildman–Crippen LogP) is 4.25. The number of rotatable bonds is 3. The standard InChI is InChI=1S/C23H22N4O/c28-21-19-20(25-22(26-21)27-24-15-16-8-2-1-3-9-16)18-11-5-4-10-17(18)14-23(19)12-6-7-13-23/h1-5,8-11,15H,6-7,12-14H2,(H2,25,26,27,28)/b24-15+. The molecule has 0 unspecified atom stereocenters. The number of hydrogen-bond donors (Lipinski definition) is 2. The molecule has 5 heteroatoms. The van der Waals surface area contributed by atoms with Crippen LogP contribution >= 0.6 is 0 Å². The van der Waals surface area contributed by atoms with Crippen molar-refractivity contribution in [3.8, 4) is 11.3 Å². The first kappa shape index (κ1) is 16.9. The lowest BCUT2D eigenvalue weighted by atomic mass is 9.68. The first-order chi connectivity index (χ1) is 13.8. The second-order valence-electron chi connectivity index (χ2n) is 7.74. The molecule has 5 rings (SSSR count). The number of aromatic nitrogens is 2. The maximum atomic E-state index is 13.1. The quantitative estimate of drug-likeness (QED) is 0.535. The smallest absolute Gasteiger partial charge is 0.256 e. The molecular weight excluding hydrogens is 348 g/mol. The van der Waals surface area contributed by atoms with E-state index >= 15 is 0 Å². The van der Waals surface area contributed by atoms with Gasteiger partial charge in [-0.05, 0) is 30.4 Å². The van der Waals surface area contributed by atoms with E-state index in [0.29, 0.717) is 5.95 Å². The highest BCUT2D eigenvalue weighted by Gasteiger charge is 2.43. The van der Waals surface area contributed by atoms with Crippen LogP contribution < -0.4 is 11.0 Å². The van der Waals surface area contributed by atoms with Crippen molar-refractivity contribution in [2.75, 3.05) is 5.43 Å². The fourth-order valence-corrected chi connectivity index (χ4v) is 4.76. The average Bonchev–Trinajstić information content (AvgIpc) is 3.17. The minimum atomic E-state index is -0.0733. The van der Waals surface area contributed by atoms with Crippen molar-refractivity contribution in [1.29, 1.82) is 0 Å². The third-order valence-electron chi connectivity index (χ3n) is 6.00. The molecule has 1 fully saturated rings. The molecule has 0 radical (unpaired) electrons. The van der Waals surface area contributed by atoms with Gasteiger partial charge >= 0.3 is 0 Å². The molecule has 2 aliphatic carbocycles. The van der Waals surface area contributed by atoms with Crippen molar-refractivity contribution in [2.24, 2.45) is 5.10 Å². The van der Waals surface area contributed by atoms with E-state index in [2.05, 4.69) is 33.7 Å². The van der Waals surface area contributed by atoms with Crippen LogP contribution in [-0.4, -0.2) is 16.2 Å². The summed E-state index contributed by atoms with van der Waals surface area (Å²) in [5, 5.41) is 4.24. The minimum absolute atomic E-state index is 0.0428. The van der Waals surface area contributed by atoms with E-state index in [1.54, 1.807) is 6.21 Å². The Morgan fingerprint density at radius 1 is 1.04 bits per heavy atom. The zero-order chi connectivity index (χ0) is 19.0. The summed E-state index contributed by atoms with van der Waals surface area (Å²) in [6.45, 7) is 0. The normalized spacial score (nSPS) is 16.9. The number of benzene rings is 2. The molecule has 2 N–H and O–H groups in total. The van der Waals surface area contributed by atoms with Crippen LogP contribution in [-0.2, 0) is 11.8 Å². The van der Waals surface area contributed by atoms with Crippen LogP contribution in [0.5, 0.6) is 0 Å². The Morgan fingerprint density at radius 3 is 2.61 bits per heavy atom. The van der Waals surface area contributed by atoms with Crippen LogP contribution in [0.2, 0.25) is 0 Å². The largest absolute Gasteiger partial charge is 0.291 e. The van der Waals surface area contributed by atoms with E-state index in [1.165, 1.54) is 18.4 Å². The second kappa shape index (κ2) is 6.75. The van der Waals surface area contributed by atoms with Crippen molar-refractivity contribution >= 4 is 12.2 Å². The molecule has 0 saturated heterocycles. The summed E-state index contributed by atoms with van der Waals surface area (Å²) in [7, 11) is 0. The number of fused-ring (bicyclic) bond motifs is 4. The van der Waals surface area contributed by atoms with Gasteiger partial charge < -0.3 is 0 Å². The minimum Gasteiger partial charge on any atom is -0.291 e. The Balaban J connectivity index is 1.56. The highest BCUT2D eigenvalue weighted by atomic mass is 16.1. The Kier molecular flexibility index (Phi) is 4.08. The van der Waals surface area contributed by atoms with E-state index in [1.807, 2.05) is 36.4 Å². The van der Waals surface area contributed by atoms with Gasteiger partial charge in [0.25, 0.3) is 5.56 Å². The van der Waals surface area contributed by atoms with E-state index in [4.69, 9.17) is 4.98 Å². The van der Waals surface area contributed by atoms with Gasteiger partial charge in [-0.25, -0.2) is 10.4 Å². The number of nitrogens with zero attached hydrogens (tertiary/aromatic N) is 2. The van der Waals surface area contributed by atoms with Gasteiger partial charge in [0.1, 0.15) is 0 Å². The van der Waals surface area contributed by atoms with E-state index in [0.717, 1.165) is 41.6 Å². The van der Waals surface area contributed by atoms with Crippen LogP contribution in [0.15, 0.2) is 64.5 Å². The Bertz CT molecular complexity index is 1100. The molecule has 0 atom stereocenters.